The number of benzene rings is 7. The van der Waals surface area contributed by atoms with Gasteiger partial charge in [-0.3, -0.25) is 9.55 Å². The summed E-state index contributed by atoms with van der Waals surface area (Å²) in [6, 6.07) is 52.1. The van der Waals surface area contributed by atoms with Gasteiger partial charge >= 0.3 is 0 Å². The van der Waals surface area contributed by atoms with Crippen molar-refractivity contribution in [3.63, 3.8) is 0 Å². The molecule has 1 N–H and O–H groups in total. The molecule has 0 spiro atoms. The summed E-state index contributed by atoms with van der Waals surface area (Å²) in [5.74, 6) is -0.957. The monoisotopic (exact) mass is 1090 g/mol. The maximum atomic E-state index is 12.4. The number of nitrogens with zero attached hydrogens (tertiary/aromatic N) is 3. The molecule has 0 unspecified atom stereocenters. The van der Waals surface area contributed by atoms with Crippen molar-refractivity contribution in [2.45, 2.75) is 106 Å². The van der Waals surface area contributed by atoms with Gasteiger partial charge in [0.05, 0.1) is 22.3 Å². The van der Waals surface area contributed by atoms with Gasteiger partial charge in [0.1, 0.15) is 11.6 Å². The summed E-state index contributed by atoms with van der Waals surface area (Å²) in [7, 11) is 0. The number of aromatic hydroxyl groups is 1. The number of phenolic OH excluding ortho intramolecular Hbond substituents is 1. The zero-order valence-electron chi connectivity index (χ0n) is 46.3. The minimum atomic E-state index is -2.58. The van der Waals surface area contributed by atoms with Crippen molar-refractivity contribution in [1.29, 1.82) is 0 Å². The topological polar surface area (TPSA) is 50.9 Å². The molecule has 0 atom stereocenters. The zero-order chi connectivity index (χ0) is 52.3. The molecule has 352 valence electrons. The van der Waals surface area contributed by atoms with E-state index in [9.17, 15) is 10.6 Å². The van der Waals surface area contributed by atoms with Gasteiger partial charge in [0.2, 0.25) is 0 Å². The van der Waals surface area contributed by atoms with Crippen molar-refractivity contribution < 1.29 is 33.0 Å². The maximum Gasteiger partial charge on any atom is 0.148 e. The molecule has 69 heavy (non-hydrogen) atoms. The molecule has 0 fully saturated rings. The second-order valence-corrected chi connectivity index (χ2v) is 19.5. The minimum Gasteiger partial charge on any atom is -0.507 e. The third-order valence-corrected chi connectivity index (χ3v) is 13.3. The summed E-state index contributed by atoms with van der Waals surface area (Å²) in [5.41, 5.74) is 15.5. The first-order chi connectivity index (χ1) is 34.5. The molecule has 0 aliphatic rings. The first-order valence-corrected chi connectivity index (χ1v) is 23.9. The third kappa shape index (κ3) is 9.66. The van der Waals surface area contributed by atoms with E-state index in [-0.39, 0.29) is 50.1 Å². The van der Waals surface area contributed by atoms with E-state index in [1.54, 1.807) is 6.07 Å². The Kier molecular flexibility index (Phi) is 12.6. The summed E-state index contributed by atoms with van der Waals surface area (Å²) in [5, 5.41) is 12.4. The Morgan fingerprint density at radius 3 is 1.91 bits per heavy atom. The van der Waals surface area contributed by atoms with Crippen LogP contribution in [0, 0.1) is 12.9 Å². The molecule has 0 saturated carbocycles. The summed E-state index contributed by atoms with van der Waals surface area (Å²) in [6.45, 7) is 17.5. The predicted molar refractivity (Wildman–Crippen MR) is 287 cm³/mol. The van der Waals surface area contributed by atoms with Crippen LogP contribution in [0.2, 0.25) is 0 Å². The van der Waals surface area contributed by atoms with E-state index in [1.165, 1.54) is 0 Å². The molecule has 0 aliphatic heterocycles. The Bertz CT molecular complexity index is 3510. The van der Waals surface area contributed by atoms with Crippen LogP contribution in [-0.4, -0.2) is 19.6 Å². The summed E-state index contributed by atoms with van der Waals surface area (Å²) in [6.07, 6.45) is 1.82. The van der Waals surface area contributed by atoms with E-state index in [0.717, 1.165) is 83.6 Å². The first-order valence-electron chi connectivity index (χ1n) is 26.4. The van der Waals surface area contributed by atoms with Gasteiger partial charge < -0.3 is 5.11 Å². The van der Waals surface area contributed by atoms with Crippen LogP contribution in [0.1, 0.15) is 139 Å². The van der Waals surface area contributed by atoms with E-state index < -0.39 is 18.6 Å². The Morgan fingerprint density at radius 1 is 0.551 bits per heavy atom. The molecule has 4 nitrogen and oxygen atoms in total. The zero-order valence-corrected chi connectivity index (χ0v) is 43.5. The largest absolute Gasteiger partial charge is 0.507 e. The van der Waals surface area contributed by atoms with Crippen LogP contribution in [-0.2, 0) is 21.1 Å². The molecule has 5 heteroatoms. The van der Waals surface area contributed by atoms with Gasteiger partial charge in [0.25, 0.3) is 0 Å². The van der Waals surface area contributed by atoms with Crippen molar-refractivity contribution in [1.82, 2.24) is 14.5 Å². The molecule has 0 aliphatic carbocycles. The molecule has 0 saturated heterocycles. The summed E-state index contributed by atoms with van der Waals surface area (Å²) >= 11 is 0. The number of hydrogen-bond donors (Lipinski definition) is 1. The number of aryl methyl sites for hydroxylation is 1. The van der Waals surface area contributed by atoms with Gasteiger partial charge in [-0.25, -0.2) is 4.98 Å². The second-order valence-electron chi connectivity index (χ2n) is 19.5. The van der Waals surface area contributed by atoms with Crippen LogP contribution < -0.4 is 0 Å². The minimum absolute atomic E-state index is 0. The Hall–Kier alpha value is -6.35. The van der Waals surface area contributed by atoms with Crippen LogP contribution in [0.4, 0.5) is 0 Å². The summed E-state index contributed by atoms with van der Waals surface area (Å²) < 4.78 is 47.2. The molecule has 2 heterocycles. The van der Waals surface area contributed by atoms with Crippen LogP contribution in [0.5, 0.6) is 5.75 Å². The third-order valence-electron chi connectivity index (χ3n) is 13.3. The Balaban J connectivity index is 0.00000729. The molecule has 2 aromatic heterocycles. The van der Waals surface area contributed by atoms with Crippen molar-refractivity contribution in [2.24, 2.45) is 0 Å². The van der Waals surface area contributed by atoms with Crippen LogP contribution in [0.25, 0.3) is 83.9 Å². The standard InChI is InChI=1S/C64H64N3O.Pt/c1-38(2)44-23-25-46(26-24-44)47-29-30-65-58(37-47)52-33-50(45-17-13-12-14-18-45)32-51(34-52)55-21-16-22-60-62(55)66-64(57-36-49(39(3)4)35-56(42(9)10)63(57)68)67(60)59-28-27-48(31-43(59)11)61-53(40(5)6)19-15-20-54(61)41(7)8;/h12-33,35-42,68H,1-11H3;/q-1;/i11D3,38D,40D;. The SMILES string of the molecule is [2H]C([2H])([2H])c1cc(-c2c(C(C)C)cccc2C([2H])(C)C)ccc1-n1c(-c2cc(C(C)C)cc(C(C)C)c2O)nc2c(-c3[c-]c(-c4cc(-c5ccc(C([2H])(C)C)cc5)ccn4)cc(-c4ccccc4)c3)cccc21.[Pt]. The van der Waals surface area contributed by atoms with Crippen molar-refractivity contribution in [3.05, 3.63) is 191 Å². The van der Waals surface area contributed by atoms with Gasteiger partial charge in [-0.1, -0.05) is 189 Å². The average Bonchev–Trinajstić information content (AvgIpc) is 3.74. The van der Waals surface area contributed by atoms with Crippen molar-refractivity contribution in [2.75, 3.05) is 0 Å². The first kappa shape index (κ1) is 42.7. The smallest absolute Gasteiger partial charge is 0.148 e. The van der Waals surface area contributed by atoms with E-state index in [0.29, 0.717) is 28.1 Å². The molecule has 9 aromatic rings. The number of rotatable bonds is 12. The van der Waals surface area contributed by atoms with Gasteiger partial charge in [0, 0.05) is 39.8 Å². The fraction of sp³-hybridized carbons (Fsp3) is 0.250. The number of pyridine rings is 1. The van der Waals surface area contributed by atoms with Crippen molar-refractivity contribution in [3.8, 4) is 78.6 Å². The van der Waals surface area contributed by atoms with Crippen LogP contribution >= 0.6 is 0 Å². The molecular formula is C64H64N3OPt-. The van der Waals surface area contributed by atoms with E-state index in [1.807, 2.05) is 123 Å². The van der Waals surface area contributed by atoms with E-state index >= 15 is 0 Å². The van der Waals surface area contributed by atoms with E-state index in [2.05, 4.69) is 102 Å². The normalized spacial score (nSPS) is 13.3. The number of aromatic nitrogens is 3. The Morgan fingerprint density at radius 2 is 1.23 bits per heavy atom. The molecule has 0 amide bonds. The van der Waals surface area contributed by atoms with Crippen LogP contribution in [0.15, 0.2) is 152 Å². The average molecular weight is 1090 g/mol. The van der Waals surface area contributed by atoms with E-state index in [4.69, 9.17) is 11.3 Å². The Labute approximate surface area is 431 Å². The number of phenols is 1. The van der Waals surface area contributed by atoms with Gasteiger partial charge in [-0.2, -0.15) is 0 Å². The fourth-order valence-electron chi connectivity index (χ4n) is 9.45. The van der Waals surface area contributed by atoms with Gasteiger partial charge in [-0.05, 0) is 128 Å². The number of fused-ring (bicyclic) bond motifs is 1. The molecular weight excluding hydrogens is 1020 g/mol. The van der Waals surface area contributed by atoms with Gasteiger partial charge in [0.15, 0.2) is 0 Å². The van der Waals surface area contributed by atoms with Crippen molar-refractivity contribution >= 4 is 11.0 Å². The fourth-order valence-corrected chi connectivity index (χ4v) is 9.45. The molecule has 7 aromatic carbocycles. The molecule has 0 radical (unpaired) electrons. The van der Waals surface area contributed by atoms with Gasteiger partial charge in [-0.15, -0.1) is 23.8 Å². The molecule has 9 rings (SSSR count). The van der Waals surface area contributed by atoms with Crippen LogP contribution in [0.3, 0.4) is 0 Å². The number of para-hydroxylation sites is 1. The molecule has 0 bridgehead atoms. The summed E-state index contributed by atoms with van der Waals surface area (Å²) in [4.78, 5) is 10.4. The number of imidazole rings is 1. The predicted octanol–water partition coefficient (Wildman–Crippen LogP) is 17.9. The number of hydrogen-bond acceptors (Lipinski definition) is 3. The maximum absolute atomic E-state index is 12.4. The second kappa shape index (κ2) is 20.3. The quantitative estimate of drug-likeness (QED) is 0.124.